The van der Waals surface area contributed by atoms with E-state index in [2.05, 4.69) is 36.8 Å². The van der Waals surface area contributed by atoms with Crippen LogP contribution in [0.3, 0.4) is 0 Å². The zero-order valence-corrected chi connectivity index (χ0v) is 13.0. The third-order valence-corrected chi connectivity index (χ3v) is 3.32. The molecule has 0 radical (unpaired) electrons. The lowest BCUT2D eigenvalue weighted by Crippen LogP contribution is -2.02. The number of aromatic carboxylic acids is 1. The van der Waals surface area contributed by atoms with E-state index in [1.54, 1.807) is 6.07 Å². The summed E-state index contributed by atoms with van der Waals surface area (Å²) >= 11 is 6.54. The Bertz CT molecular complexity index is 644. The highest BCUT2D eigenvalue weighted by atomic mass is 79.9. The number of carbonyl (C=O) groups is 1. The average Bonchev–Trinajstić information content (AvgIpc) is 2.34. The summed E-state index contributed by atoms with van der Waals surface area (Å²) in [6.07, 6.45) is 1.50. The Morgan fingerprint density at radius 2 is 2.00 bits per heavy atom. The topological polar surface area (TPSA) is 59.4 Å². The van der Waals surface area contributed by atoms with Gasteiger partial charge in [0.15, 0.2) is 0 Å². The Morgan fingerprint density at radius 3 is 2.63 bits per heavy atom. The number of nitrogens with zero attached hydrogens (tertiary/aromatic N) is 1. The first kappa shape index (κ1) is 14.0. The van der Waals surface area contributed by atoms with Crippen molar-refractivity contribution in [3.8, 4) is 11.6 Å². The van der Waals surface area contributed by atoms with Gasteiger partial charge in [-0.3, -0.25) is 0 Å². The molecule has 2 aromatic rings. The van der Waals surface area contributed by atoms with Gasteiger partial charge in [-0.1, -0.05) is 15.9 Å². The van der Waals surface area contributed by atoms with Crippen molar-refractivity contribution in [3.63, 3.8) is 0 Å². The van der Waals surface area contributed by atoms with Gasteiger partial charge in [-0.15, -0.1) is 0 Å². The molecule has 6 heteroatoms. The van der Waals surface area contributed by atoms with E-state index in [0.717, 1.165) is 10.0 Å². The lowest BCUT2D eigenvalue weighted by Gasteiger charge is -2.10. The molecule has 0 aliphatic carbocycles. The molecule has 1 heterocycles. The fourth-order valence-corrected chi connectivity index (χ4v) is 2.30. The molecule has 0 fully saturated rings. The SMILES string of the molecule is Cc1cc(Br)ccc1Oc1ncc(Br)cc1C(=O)O. The first-order valence-electron chi connectivity index (χ1n) is 5.30. The number of hydrogen-bond acceptors (Lipinski definition) is 3. The summed E-state index contributed by atoms with van der Waals surface area (Å²) in [5, 5.41) is 9.13. The van der Waals surface area contributed by atoms with Gasteiger partial charge in [-0.2, -0.15) is 0 Å². The van der Waals surface area contributed by atoms with E-state index < -0.39 is 5.97 Å². The number of carboxylic acid groups (broad SMARTS) is 1. The Hall–Kier alpha value is -1.40. The minimum absolute atomic E-state index is 0.0108. The summed E-state index contributed by atoms with van der Waals surface area (Å²) in [5.41, 5.74) is 0.895. The average molecular weight is 387 g/mol. The fraction of sp³-hybridized carbons (Fsp3) is 0.0769. The second kappa shape index (κ2) is 5.71. The maximum absolute atomic E-state index is 11.2. The van der Waals surface area contributed by atoms with E-state index in [4.69, 9.17) is 9.84 Å². The van der Waals surface area contributed by atoms with Crippen molar-refractivity contribution in [2.45, 2.75) is 6.92 Å². The van der Waals surface area contributed by atoms with Gasteiger partial charge >= 0.3 is 5.97 Å². The van der Waals surface area contributed by atoms with E-state index in [1.807, 2.05) is 19.1 Å². The molecule has 0 aliphatic heterocycles. The summed E-state index contributed by atoms with van der Waals surface area (Å²) in [4.78, 5) is 15.2. The molecule has 0 atom stereocenters. The summed E-state index contributed by atoms with van der Waals surface area (Å²) in [7, 11) is 0. The molecule has 1 aromatic heterocycles. The van der Waals surface area contributed by atoms with Crippen molar-refractivity contribution < 1.29 is 14.6 Å². The van der Waals surface area contributed by atoms with Gasteiger partial charge < -0.3 is 9.84 Å². The molecule has 0 bridgehead atoms. The van der Waals surface area contributed by atoms with Crippen LogP contribution in [0.15, 0.2) is 39.4 Å². The highest BCUT2D eigenvalue weighted by Gasteiger charge is 2.15. The normalized spacial score (nSPS) is 10.3. The molecule has 0 unspecified atom stereocenters. The van der Waals surface area contributed by atoms with E-state index >= 15 is 0 Å². The zero-order chi connectivity index (χ0) is 14.0. The Morgan fingerprint density at radius 1 is 1.26 bits per heavy atom. The number of ether oxygens (including phenoxy) is 1. The van der Waals surface area contributed by atoms with Crippen molar-refractivity contribution in [3.05, 3.63) is 50.5 Å². The number of pyridine rings is 1. The molecule has 0 saturated heterocycles. The molecule has 1 aromatic carbocycles. The molecule has 4 nitrogen and oxygen atoms in total. The number of hydrogen-bond donors (Lipinski definition) is 1. The maximum Gasteiger partial charge on any atom is 0.341 e. The van der Waals surface area contributed by atoms with Gasteiger partial charge in [-0.25, -0.2) is 9.78 Å². The van der Waals surface area contributed by atoms with Crippen molar-refractivity contribution >= 4 is 37.8 Å². The summed E-state index contributed by atoms with van der Waals surface area (Å²) in [5.74, 6) is -0.444. The van der Waals surface area contributed by atoms with Crippen LogP contribution in [0.1, 0.15) is 15.9 Å². The second-order valence-corrected chi connectivity index (χ2v) is 5.65. The Labute approximate surface area is 126 Å². The van der Waals surface area contributed by atoms with Crippen LogP contribution in [0.2, 0.25) is 0 Å². The van der Waals surface area contributed by atoms with Crippen LogP contribution in [-0.2, 0) is 0 Å². The van der Waals surface area contributed by atoms with Crippen molar-refractivity contribution in [2.24, 2.45) is 0 Å². The number of aromatic nitrogens is 1. The van der Waals surface area contributed by atoms with Crippen LogP contribution in [0.5, 0.6) is 11.6 Å². The highest BCUT2D eigenvalue weighted by Crippen LogP contribution is 2.29. The van der Waals surface area contributed by atoms with Gasteiger partial charge in [0, 0.05) is 15.1 Å². The van der Waals surface area contributed by atoms with E-state index in [-0.39, 0.29) is 11.4 Å². The number of aryl methyl sites for hydroxylation is 1. The van der Waals surface area contributed by atoms with Crippen LogP contribution >= 0.6 is 31.9 Å². The van der Waals surface area contributed by atoms with Gasteiger partial charge in [-0.05, 0) is 52.7 Å². The van der Waals surface area contributed by atoms with Gasteiger partial charge in [0.05, 0.1) is 0 Å². The molecular formula is C13H9Br2NO3. The van der Waals surface area contributed by atoms with Crippen molar-refractivity contribution in [1.82, 2.24) is 4.98 Å². The molecule has 19 heavy (non-hydrogen) atoms. The predicted octanol–water partition coefficient (Wildman–Crippen LogP) is 4.41. The Kier molecular flexibility index (Phi) is 4.21. The van der Waals surface area contributed by atoms with Crippen LogP contribution in [0.4, 0.5) is 0 Å². The van der Waals surface area contributed by atoms with Crippen molar-refractivity contribution in [2.75, 3.05) is 0 Å². The molecular weight excluding hydrogens is 378 g/mol. The van der Waals surface area contributed by atoms with Crippen LogP contribution in [-0.4, -0.2) is 16.1 Å². The second-order valence-electron chi connectivity index (χ2n) is 3.82. The first-order valence-corrected chi connectivity index (χ1v) is 6.89. The molecule has 2 rings (SSSR count). The molecule has 98 valence electrons. The molecule has 0 saturated carbocycles. The first-order chi connectivity index (χ1) is 8.97. The summed E-state index contributed by atoms with van der Waals surface area (Å²) in [6.45, 7) is 1.87. The monoisotopic (exact) mass is 385 g/mol. The minimum Gasteiger partial charge on any atom is -0.477 e. The van der Waals surface area contributed by atoms with Gasteiger partial charge in [0.1, 0.15) is 11.3 Å². The number of rotatable bonds is 3. The summed E-state index contributed by atoms with van der Waals surface area (Å²) in [6, 6.07) is 6.92. The minimum atomic E-state index is -1.08. The van der Waals surface area contributed by atoms with Crippen LogP contribution in [0.25, 0.3) is 0 Å². The molecule has 0 spiro atoms. The summed E-state index contributed by atoms with van der Waals surface area (Å²) < 4.78 is 7.10. The quantitative estimate of drug-likeness (QED) is 0.848. The van der Waals surface area contributed by atoms with Gasteiger partial charge in [0.25, 0.3) is 0 Å². The van der Waals surface area contributed by atoms with Crippen LogP contribution in [0, 0.1) is 6.92 Å². The molecule has 0 aliphatic rings. The Balaban J connectivity index is 2.40. The van der Waals surface area contributed by atoms with E-state index in [9.17, 15) is 4.79 Å². The predicted molar refractivity (Wildman–Crippen MR) is 77.8 cm³/mol. The number of halogens is 2. The smallest absolute Gasteiger partial charge is 0.341 e. The third-order valence-electron chi connectivity index (χ3n) is 2.39. The van der Waals surface area contributed by atoms with Gasteiger partial charge in [0.2, 0.25) is 5.88 Å². The largest absolute Gasteiger partial charge is 0.477 e. The van der Waals surface area contributed by atoms with Crippen molar-refractivity contribution in [1.29, 1.82) is 0 Å². The standard InChI is InChI=1S/C13H9Br2NO3/c1-7-4-8(14)2-3-11(7)19-12-10(13(17)18)5-9(15)6-16-12/h2-6H,1H3,(H,17,18). The van der Waals surface area contributed by atoms with Crippen LogP contribution < -0.4 is 4.74 Å². The maximum atomic E-state index is 11.2. The number of carboxylic acids is 1. The van der Waals surface area contributed by atoms with E-state index in [1.165, 1.54) is 12.3 Å². The fourth-order valence-electron chi connectivity index (χ4n) is 1.49. The molecule has 1 N–H and O–H groups in total. The zero-order valence-electron chi connectivity index (χ0n) is 9.85. The number of benzene rings is 1. The highest BCUT2D eigenvalue weighted by molar-refractivity contribution is 9.10. The molecule has 0 amide bonds. The third kappa shape index (κ3) is 3.33. The lowest BCUT2D eigenvalue weighted by molar-refractivity contribution is 0.0693. The van der Waals surface area contributed by atoms with E-state index in [0.29, 0.717) is 10.2 Å². The lowest BCUT2D eigenvalue weighted by atomic mass is 10.2.